The Hall–Kier alpha value is -1.18. The van der Waals surface area contributed by atoms with Crippen LogP contribution >= 0.6 is 35.0 Å². The monoisotopic (exact) mass is 319 g/mol. The highest BCUT2D eigenvalue weighted by Crippen LogP contribution is 2.34. The fourth-order valence-electron chi connectivity index (χ4n) is 1.44. The zero-order valence-corrected chi connectivity index (χ0v) is 12.5. The van der Waals surface area contributed by atoms with E-state index in [4.69, 9.17) is 28.9 Å². The summed E-state index contributed by atoms with van der Waals surface area (Å²) in [5.41, 5.74) is 5.35. The summed E-state index contributed by atoms with van der Waals surface area (Å²) in [6, 6.07) is 1.48. The van der Waals surface area contributed by atoms with E-state index in [1.54, 1.807) is 0 Å². The average molecular weight is 320 g/mol. The van der Waals surface area contributed by atoms with Gasteiger partial charge in [0.15, 0.2) is 5.16 Å². The van der Waals surface area contributed by atoms with Crippen molar-refractivity contribution in [3.05, 3.63) is 26.6 Å². The number of nitrogens with one attached hydrogen (secondary N) is 1. The third-order valence-electron chi connectivity index (χ3n) is 2.30. The van der Waals surface area contributed by atoms with Gasteiger partial charge in [0.1, 0.15) is 10.8 Å². The lowest BCUT2D eigenvalue weighted by Gasteiger charge is -2.09. The third-order valence-corrected chi connectivity index (χ3v) is 3.98. The van der Waals surface area contributed by atoms with E-state index in [1.165, 1.54) is 10.6 Å². The number of hydrogen-bond donors (Lipinski definition) is 2. The predicted molar refractivity (Wildman–Crippen MR) is 76.0 cm³/mol. The number of halogens is 2. The maximum atomic E-state index is 11.6. The van der Waals surface area contributed by atoms with Gasteiger partial charge >= 0.3 is 5.69 Å². The molecule has 102 valence electrons. The number of rotatable bonds is 3. The van der Waals surface area contributed by atoms with Gasteiger partial charge in [0, 0.05) is 6.04 Å². The quantitative estimate of drug-likeness (QED) is 0.907. The Labute approximate surface area is 123 Å². The number of nitrogens with zero attached hydrogens (tertiary/aromatic N) is 3. The molecule has 2 heterocycles. The Bertz CT molecular complexity index is 666. The topological polar surface area (TPSA) is 89.6 Å². The second-order valence-corrected chi connectivity index (χ2v) is 5.79. The van der Waals surface area contributed by atoms with Crippen LogP contribution in [0.3, 0.4) is 0 Å². The van der Waals surface area contributed by atoms with E-state index in [1.807, 2.05) is 13.8 Å². The first-order chi connectivity index (χ1) is 8.90. The number of H-pyrrole nitrogens is 1. The van der Waals surface area contributed by atoms with Crippen LogP contribution in [0, 0.1) is 0 Å². The molecule has 6 nitrogen and oxygen atoms in total. The molecule has 0 bridgehead atoms. The van der Waals surface area contributed by atoms with Gasteiger partial charge < -0.3 is 5.73 Å². The molecule has 0 saturated carbocycles. The molecular weight excluding hydrogens is 309 g/mol. The Morgan fingerprint density at radius 2 is 2.11 bits per heavy atom. The first kappa shape index (κ1) is 14.2. The summed E-state index contributed by atoms with van der Waals surface area (Å²) in [5, 5.41) is 7.90. The second-order valence-electron chi connectivity index (χ2n) is 4.02. The van der Waals surface area contributed by atoms with Crippen LogP contribution in [-0.4, -0.2) is 19.7 Å². The lowest BCUT2D eigenvalue weighted by atomic mass is 10.4. The van der Waals surface area contributed by atoms with Crippen molar-refractivity contribution in [2.75, 3.05) is 5.73 Å². The van der Waals surface area contributed by atoms with E-state index >= 15 is 0 Å². The molecule has 2 rings (SSSR count). The predicted octanol–water partition coefficient (Wildman–Crippen LogP) is 2.59. The van der Waals surface area contributed by atoms with Crippen molar-refractivity contribution < 1.29 is 0 Å². The molecule has 2 aromatic heterocycles. The minimum absolute atomic E-state index is 0.0304. The molecule has 0 aliphatic carbocycles. The second kappa shape index (κ2) is 5.44. The maximum Gasteiger partial charge on any atom is 0.344 e. The van der Waals surface area contributed by atoms with Crippen molar-refractivity contribution in [1.29, 1.82) is 0 Å². The molecular formula is C10H11Cl2N5OS. The molecule has 2 aromatic rings. The van der Waals surface area contributed by atoms with E-state index in [-0.39, 0.29) is 22.6 Å². The van der Waals surface area contributed by atoms with Crippen LogP contribution in [0.15, 0.2) is 21.0 Å². The van der Waals surface area contributed by atoms with Crippen LogP contribution < -0.4 is 11.4 Å². The molecule has 0 spiro atoms. The summed E-state index contributed by atoms with van der Waals surface area (Å²) in [7, 11) is 0. The van der Waals surface area contributed by atoms with Gasteiger partial charge in [0.25, 0.3) is 0 Å². The molecule has 0 aromatic carbocycles. The van der Waals surface area contributed by atoms with Gasteiger partial charge in [-0.3, -0.25) is 4.57 Å². The van der Waals surface area contributed by atoms with Crippen LogP contribution in [0.5, 0.6) is 0 Å². The van der Waals surface area contributed by atoms with Crippen LogP contribution in [0.4, 0.5) is 5.82 Å². The number of hydrogen-bond acceptors (Lipinski definition) is 5. The first-order valence-corrected chi connectivity index (χ1v) is 6.93. The summed E-state index contributed by atoms with van der Waals surface area (Å²) in [6.45, 7) is 3.76. The standard InChI is InChI=1S/C10H11Cl2N5OS/c1-4(2)17-9(18)15-16-10(17)19-8-6(12)3-5(11)7(13)14-8/h3-4H,1-2H3,(H2,13,14)(H,15,18). The van der Waals surface area contributed by atoms with Crippen LogP contribution in [0.2, 0.25) is 10.0 Å². The fourth-order valence-corrected chi connectivity index (χ4v) is 2.87. The lowest BCUT2D eigenvalue weighted by Crippen LogP contribution is -2.19. The summed E-state index contributed by atoms with van der Waals surface area (Å²) in [5.74, 6) is 0.183. The van der Waals surface area contributed by atoms with Crippen molar-refractivity contribution in [2.24, 2.45) is 0 Å². The molecule has 0 radical (unpaired) electrons. The van der Waals surface area contributed by atoms with Crippen molar-refractivity contribution in [3.8, 4) is 0 Å². The van der Waals surface area contributed by atoms with E-state index < -0.39 is 0 Å². The lowest BCUT2D eigenvalue weighted by molar-refractivity contribution is 0.534. The molecule has 0 saturated heterocycles. The molecule has 0 fully saturated rings. The summed E-state index contributed by atoms with van der Waals surface area (Å²) in [4.78, 5) is 15.7. The van der Waals surface area contributed by atoms with Crippen molar-refractivity contribution in [2.45, 2.75) is 30.1 Å². The highest BCUT2D eigenvalue weighted by Gasteiger charge is 2.16. The zero-order chi connectivity index (χ0) is 14.2. The molecule has 9 heteroatoms. The van der Waals surface area contributed by atoms with Crippen molar-refractivity contribution >= 4 is 40.8 Å². The number of aromatic nitrogens is 4. The maximum absolute atomic E-state index is 11.6. The van der Waals surface area contributed by atoms with E-state index in [0.29, 0.717) is 15.2 Å². The van der Waals surface area contributed by atoms with Gasteiger partial charge in [-0.05, 0) is 31.7 Å². The third kappa shape index (κ3) is 2.88. The van der Waals surface area contributed by atoms with Gasteiger partial charge in [0.05, 0.1) is 10.0 Å². The highest BCUT2D eigenvalue weighted by molar-refractivity contribution is 7.99. The smallest absolute Gasteiger partial charge is 0.344 e. The molecule has 0 amide bonds. The number of pyridine rings is 1. The Kier molecular flexibility index (Phi) is 4.07. The fraction of sp³-hybridized carbons (Fsp3) is 0.300. The molecule has 3 N–H and O–H groups in total. The molecule has 0 aliphatic heterocycles. The molecule has 0 aliphatic rings. The van der Waals surface area contributed by atoms with E-state index in [0.717, 1.165) is 11.8 Å². The van der Waals surface area contributed by atoms with Gasteiger partial charge in [-0.25, -0.2) is 14.9 Å². The Morgan fingerprint density at radius 1 is 1.42 bits per heavy atom. The van der Waals surface area contributed by atoms with Gasteiger partial charge in [-0.1, -0.05) is 23.2 Å². The summed E-state index contributed by atoms with van der Waals surface area (Å²) < 4.78 is 1.51. The van der Waals surface area contributed by atoms with E-state index in [9.17, 15) is 4.79 Å². The first-order valence-electron chi connectivity index (χ1n) is 5.36. The summed E-state index contributed by atoms with van der Waals surface area (Å²) >= 11 is 13.0. The highest BCUT2D eigenvalue weighted by atomic mass is 35.5. The minimum atomic E-state index is -0.282. The average Bonchev–Trinajstić information content (AvgIpc) is 2.67. The molecule has 0 atom stereocenters. The SMILES string of the molecule is CC(C)n1c(Sc2nc(N)c(Cl)cc2Cl)n[nH]c1=O. The molecule has 19 heavy (non-hydrogen) atoms. The van der Waals surface area contributed by atoms with E-state index in [2.05, 4.69) is 15.2 Å². The minimum Gasteiger partial charge on any atom is -0.382 e. The molecule has 0 unspecified atom stereocenters. The van der Waals surface area contributed by atoms with Crippen LogP contribution in [0.1, 0.15) is 19.9 Å². The van der Waals surface area contributed by atoms with Gasteiger partial charge in [-0.2, -0.15) is 0 Å². The number of aromatic amines is 1. The Balaban J connectivity index is 2.42. The normalized spacial score (nSPS) is 11.2. The van der Waals surface area contributed by atoms with Crippen molar-refractivity contribution in [1.82, 2.24) is 19.7 Å². The number of nitrogens with two attached hydrogens (primary N) is 1. The Morgan fingerprint density at radius 3 is 2.74 bits per heavy atom. The van der Waals surface area contributed by atoms with Gasteiger partial charge in [-0.15, -0.1) is 5.10 Å². The summed E-state index contributed by atoms with van der Waals surface area (Å²) in [6.07, 6.45) is 0. The van der Waals surface area contributed by atoms with Crippen LogP contribution in [0.25, 0.3) is 0 Å². The largest absolute Gasteiger partial charge is 0.382 e. The van der Waals surface area contributed by atoms with Gasteiger partial charge in [0.2, 0.25) is 0 Å². The number of nitrogen functional groups attached to an aromatic ring is 1. The zero-order valence-electron chi connectivity index (χ0n) is 10.1. The van der Waals surface area contributed by atoms with Crippen molar-refractivity contribution in [3.63, 3.8) is 0 Å². The van der Waals surface area contributed by atoms with Crippen LogP contribution in [-0.2, 0) is 0 Å². The number of anilines is 1.